The fourth-order valence-corrected chi connectivity index (χ4v) is 5.33. The van der Waals surface area contributed by atoms with Crippen LogP contribution >= 0.6 is 22.7 Å². The Labute approximate surface area is 132 Å². The molecule has 0 radical (unpaired) electrons. The highest BCUT2D eigenvalue weighted by molar-refractivity contribution is 7.91. The Morgan fingerprint density at radius 1 is 1.38 bits per heavy atom. The maximum absolute atomic E-state index is 12.1. The number of anilines is 1. The van der Waals surface area contributed by atoms with E-state index in [-0.39, 0.29) is 0 Å². The normalized spacial score (nSPS) is 19.8. The lowest BCUT2D eigenvalue weighted by molar-refractivity contribution is 0.411. The predicted octanol–water partition coefficient (Wildman–Crippen LogP) is 2.40. The first-order valence-electron chi connectivity index (χ1n) is 6.83. The van der Waals surface area contributed by atoms with Crippen molar-refractivity contribution in [3.8, 4) is 0 Å². The van der Waals surface area contributed by atoms with Crippen LogP contribution in [0.5, 0.6) is 0 Å². The van der Waals surface area contributed by atoms with Crippen LogP contribution in [0.1, 0.15) is 12.8 Å². The third-order valence-corrected chi connectivity index (χ3v) is 7.18. The summed E-state index contributed by atoms with van der Waals surface area (Å²) in [6.45, 7) is 2.35. The van der Waals surface area contributed by atoms with Gasteiger partial charge < -0.3 is 4.90 Å². The van der Waals surface area contributed by atoms with Crippen molar-refractivity contribution in [1.29, 1.82) is 0 Å². The Kier molecular flexibility index (Phi) is 4.58. The molecule has 3 heterocycles. The van der Waals surface area contributed by atoms with Crippen molar-refractivity contribution in [3.05, 3.63) is 29.1 Å². The number of hydrogen-bond acceptors (Lipinski definition) is 6. The van der Waals surface area contributed by atoms with Gasteiger partial charge in [-0.25, -0.2) is 18.1 Å². The van der Waals surface area contributed by atoms with Crippen molar-refractivity contribution in [3.63, 3.8) is 0 Å². The Hall–Kier alpha value is -0.960. The first kappa shape index (κ1) is 15.0. The molecule has 0 spiro atoms. The first-order chi connectivity index (χ1) is 10.1. The maximum Gasteiger partial charge on any atom is 0.250 e. The van der Waals surface area contributed by atoms with Gasteiger partial charge in [0, 0.05) is 31.2 Å². The van der Waals surface area contributed by atoms with Crippen LogP contribution in [-0.4, -0.2) is 33.0 Å². The third-order valence-electron chi connectivity index (χ3n) is 3.53. The van der Waals surface area contributed by atoms with Crippen LogP contribution < -0.4 is 9.62 Å². The van der Waals surface area contributed by atoms with Crippen molar-refractivity contribution in [2.24, 2.45) is 5.92 Å². The van der Waals surface area contributed by atoms with Crippen LogP contribution in [0.15, 0.2) is 33.3 Å². The summed E-state index contributed by atoms with van der Waals surface area (Å²) in [4.78, 5) is 6.58. The standard InChI is InChI=1S/C13H17N3O2S3/c17-21(18,12-4-2-7-19-12)15-9-11-3-1-6-16(10-11)13-14-5-8-20-13/h2,4-5,7-8,11,15H,1,3,6,9-10H2/t11-/m1/s1. The van der Waals surface area contributed by atoms with Crippen LogP contribution in [0, 0.1) is 5.92 Å². The highest BCUT2D eigenvalue weighted by Gasteiger charge is 2.23. The van der Waals surface area contributed by atoms with Crippen molar-refractivity contribution in [2.45, 2.75) is 17.1 Å². The second kappa shape index (κ2) is 6.43. The van der Waals surface area contributed by atoms with Crippen molar-refractivity contribution >= 4 is 37.8 Å². The van der Waals surface area contributed by atoms with Gasteiger partial charge in [-0.15, -0.1) is 22.7 Å². The molecule has 114 valence electrons. The summed E-state index contributed by atoms with van der Waals surface area (Å²) in [6.07, 6.45) is 3.93. The summed E-state index contributed by atoms with van der Waals surface area (Å²) in [7, 11) is -3.35. The van der Waals surface area contributed by atoms with Crippen LogP contribution in [-0.2, 0) is 10.0 Å². The molecule has 3 rings (SSSR count). The monoisotopic (exact) mass is 343 g/mol. The lowest BCUT2D eigenvalue weighted by atomic mass is 9.99. The number of aromatic nitrogens is 1. The number of rotatable bonds is 5. The van der Waals surface area contributed by atoms with Crippen LogP contribution in [0.4, 0.5) is 5.13 Å². The Morgan fingerprint density at radius 3 is 3.00 bits per heavy atom. The lowest BCUT2D eigenvalue weighted by Crippen LogP contribution is -2.40. The maximum atomic E-state index is 12.1. The Morgan fingerprint density at radius 2 is 2.29 bits per heavy atom. The quantitative estimate of drug-likeness (QED) is 0.905. The molecule has 0 unspecified atom stereocenters. The molecule has 1 fully saturated rings. The number of nitrogens with one attached hydrogen (secondary N) is 1. The zero-order chi connectivity index (χ0) is 14.7. The molecular weight excluding hydrogens is 326 g/mol. The highest BCUT2D eigenvalue weighted by atomic mass is 32.2. The number of sulfonamides is 1. The molecule has 0 aromatic carbocycles. The van der Waals surface area contributed by atoms with E-state index in [1.807, 2.05) is 11.6 Å². The van der Waals surface area contributed by atoms with Gasteiger partial charge in [-0.05, 0) is 30.2 Å². The molecule has 1 atom stereocenters. The number of hydrogen-bond donors (Lipinski definition) is 1. The first-order valence-corrected chi connectivity index (χ1v) is 10.1. The van der Waals surface area contributed by atoms with Crippen LogP contribution in [0.3, 0.4) is 0 Å². The summed E-state index contributed by atoms with van der Waals surface area (Å²) in [5, 5.41) is 4.78. The van der Waals surface area contributed by atoms with Crippen molar-refractivity contribution in [2.75, 3.05) is 24.5 Å². The Balaban J connectivity index is 1.58. The van der Waals surface area contributed by atoms with E-state index in [1.165, 1.54) is 11.3 Å². The smallest absolute Gasteiger partial charge is 0.250 e. The third kappa shape index (κ3) is 3.63. The fraction of sp³-hybridized carbons (Fsp3) is 0.462. The topological polar surface area (TPSA) is 62.3 Å². The summed E-state index contributed by atoms with van der Waals surface area (Å²) < 4.78 is 27.4. The molecule has 1 saturated heterocycles. The van der Waals surface area contributed by atoms with E-state index >= 15 is 0 Å². The molecule has 2 aromatic rings. The Bertz CT molecular complexity index is 653. The predicted molar refractivity (Wildman–Crippen MR) is 86.6 cm³/mol. The van der Waals surface area contributed by atoms with Gasteiger partial charge in [-0.3, -0.25) is 0 Å². The zero-order valence-corrected chi connectivity index (χ0v) is 13.9. The average molecular weight is 343 g/mol. The molecule has 1 N–H and O–H groups in total. The van der Waals surface area contributed by atoms with E-state index in [9.17, 15) is 8.42 Å². The second-order valence-electron chi connectivity index (χ2n) is 5.05. The number of thiophene rings is 1. The van der Waals surface area contributed by atoms with Gasteiger partial charge in [-0.2, -0.15) is 0 Å². The van der Waals surface area contributed by atoms with E-state index in [2.05, 4.69) is 14.6 Å². The molecule has 0 aliphatic carbocycles. The molecule has 1 aliphatic rings. The van der Waals surface area contributed by atoms with Gasteiger partial charge >= 0.3 is 0 Å². The number of nitrogens with zero attached hydrogens (tertiary/aromatic N) is 2. The van der Waals surface area contributed by atoms with E-state index in [1.54, 1.807) is 28.8 Å². The minimum Gasteiger partial charge on any atom is -0.348 e. The van der Waals surface area contributed by atoms with E-state index in [0.29, 0.717) is 16.7 Å². The van der Waals surface area contributed by atoms with E-state index in [4.69, 9.17) is 0 Å². The summed E-state index contributed by atoms with van der Waals surface area (Å²) >= 11 is 2.88. The molecular formula is C13H17N3O2S3. The second-order valence-corrected chi connectivity index (χ2v) is 8.87. The van der Waals surface area contributed by atoms with E-state index in [0.717, 1.165) is 31.1 Å². The number of thiazole rings is 1. The molecule has 8 heteroatoms. The van der Waals surface area contributed by atoms with Gasteiger partial charge in [0.2, 0.25) is 10.0 Å². The van der Waals surface area contributed by atoms with Crippen LogP contribution in [0.25, 0.3) is 0 Å². The minimum atomic E-state index is -3.35. The van der Waals surface area contributed by atoms with Gasteiger partial charge in [0.25, 0.3) is 0 Å². The SMILES string of the molecule is O=S(=O)(NC[C@H]1CCCN(c2nccs2)C1)c1cccs1. The largest absolute Gasteiger partial charge is 0.348 e. The van der Waals surface area contributed by atoms with Crippen molar-refractivity contribution in [1.82, 2.24) is 9.71 Å². The highest BCUT2D eigenvalue weighted by Crippen LogP contribution is 2.25. The summed E-state index contributed by atoms with van der Waals surface area (Å²) in [5.74, 6) is 0.331. The molecule has 0 bridgehead atoms. The van der Waals surface area contributed by atoms with Gasteiger partial charge in [0.15, 0.2) is 5.13 Å². The molecule has 2 aromatic heterocycles. The summed E-state index contributed by atoms with van der Waals surface area (Å²) in [6, 6.07) is 3.39. The fourth-order valence-electron chi connectivity index (χ4n) is 2.49. The molecule has 0 saturated carbocycles. The lowest BCUT2D eigenvalue weighted by Gasteiger charge is -2.32. The molecule has 1 aliphatic heterocycles. The van der Waals surface area contributed by atoms with Crippen molar-refractivity contribution < 1.29 is 8.42 Å². The molecule has 21 heavy (non-hydrogen) atoms. The van der Waals surface area contributed by atoms with Crippen LogP contribution in [0.2, 0.25) is 0 Å². The molecule has 5 nitrogen and oxygen atoms in total. The van der Waals surface area contributed by atoms with Gasteiger partial charge in [-0.1, -0.05) is 6.07 Å². The average Bonchev–Trinajstić information content (AvgIpc) is 3.18. The minimum absolute atomic E-state index is 0.331. The van der Waals surface area contributed by atoms with Gasteiger partial charge in [0.05, 0.1) is 0 Å². The molecule has 0 amide bonds. The van der Waals surface area contributed by atoms with Gasteiger partial charge in [0.1, 0.15) is 4.21 Å². The van der Waals surface area contributed by atoms with E-state index < -0.39 is 10.0 Å². The zero-order valence-electron chi connectivity index (χ0n) is 11.4. The summed E-state index contributed by atoms with van der Waals surface area (Å²) in [5.41, 5.74) is 0. The number of piperidine rings is 1.